The number of pyridine rings is 1. The first-order chi connectivity index (χ1) is 9.56. The smallest absolute Gasteiger partial charge is 0.305 e. The molecule has 5 nitrogen and oxygen atoms in total. The van der Waals surface area contributed by atoms with Crippen LogP contribution in [-0.2, 0) is 13.1 Å². The molecule has 0 aromatic carbocycles. The molecule has 1 aliphatic rings. The van der Waals surface area contributed by atoms with Crippen LogP contribution in [0.25, 0.3) is 11.0 Å². The molecule has 3 rings (SSSR count). The summed E-state index contributed by atoms with van der Waals surface area (Å²) in [5, 5.41) is 0. The molecule has 20 heavy (non-hydrogen) atoms. The zero-order valence-corrected chi connectivity index (χ0v) is 12.2. The first-order valence-corrected chi connectivity index (χ1v) is 7.00. The molecular formula is C15H20N4O. The molecule has 1 aliphatic heterocycles. The standard InChI is InChI=1S/C15H20N4O/c1-10(2)5-7-18-9-13-14-12(4-6-16-13)17-15(20)19(14)8-11(18)3/h4-6,11H,7-9H2,1-3H3,(H,17,20). The van der Waals surface area contributed by atoms with Gasteiger partial charge in [-0.2, -0.15) is 0 Å². The van der Waals surface area contributed by atoms with E-state index >= 15 is 0 Å². The molecule has 2 aromatic rings. The fourth-order valence-electron chi connectivity index (χ4n) is 2.75. The third-order valence-corrected chi connectivity index (χ3v) is 3.91. The second-order valence-corrected chi connectivity index (χ2v) is 5.75. The number of aromatic nitrogens is 3. The number of H-pyrrole nitrogens is 1. The first kappa shape index (κ1) is 13.1. The molecule has 3 heterocycles. The molecule has 0 saturated heterocycles. The van der Waals surface area contributed by atoms with Crippen molar-refractivity contribution in [2.75, 3.05) is 6.54 Å². The van der Waals surface area contributed by atoms with Crippen molar-refractivity contribution in [3.63, 3.8) is 0 Å². The zero-order chi connectivity index (χ0) is 14.3. The van der Waals surface area contributed by atoms with Crippen molar-refractivity contribution >= 4 is 11.0 Å². The molecule has 1 unspecified atom stereocenters. The SMILES string of the molecule is CC(C)=CCN1Cc2nccc3[nH]c(=O)n(c23)CC1C. The number of imidazole rings is 1. The van der Waals surface area contributed by atoms with E-state index in [-0.39, 0.29) is 5.69 Å². The van der Waals surface area contributed by atoms with Gasteiger partial charge in [0.2, 0.25) is 0 Å². The van der Waals surface area contributed by atoms with Crippen LogP contribution in [0.5, 0.6) is 0 Å². The highest BCUT2D eigenvalue weighted by atomic mass is 16.1. The maximum atomic E-state index is 12.1. The molecule has 0 spiro atoms. The minimum Gasteiger partial charge on any atom is -0.305 e. The van der Waals surface area contributed by atoms with Crippen molar-refractivity contribution in [3.05, 3.63) is 40.1 Å². The maximum absolute atomic E-state index is 12.1. The lowest BCUT2D eigenvalue weighted by atomic mass is 10.2. The van der Waals surface area contributed by atoms with Crippen LogP contribution in [0, 0.1) is 0 Å². The van der Waals surface area contributed by atoms with Crippen LogP contribution in [0.2, 0.25) is 0 Å². The Hall–Kier alpha value is -1.88. The van der Waals surface area contributed by atoms with Crippen molar-refractivity contribution in [3.8, 4) is 0 Å². The average Bonchev–Trinajstić information content (AvgIpc) is 2.62. The predicted molar refractivity (Wildman–Crippen MR) is 79.7 cm³/mol. The number of aromatic amines is 1. The lowest BCUT2D eigenvalue weighted by molar-refractivity contribution is 0.208. The van der Waals surface area contributed by atoms with E-state index in [0.29, 0.717) is 12.6 Å². The Balaban J connectivity index is 2.05. The van der Waals surface area contributed by atoms with Gasteiger partial charge < -0.3 is 4.98 Å². The lowest BCUT2D eigenvalue weighted by Gasteiger charge is -2.25. The molecular weight excluding hydrogens is 252 g/mol. The van der Waals surface area contributed by atoms with E-state index in [2.05, 4.69) is 41.7 Å². The molecule has 1 N–H and O–H groups in total. The summed E-state index contributed by atoms with van der Waals surface area (Å²) < 4.78 is 1.82. The minimum atomic E-state index is -0.0369. The molecule has 0 fully saturated rings. The number of nitrogens with zero attached hydrogens (tertiary/aromatic N) is 3. The van der Waals surface area contributed by atoms with E-state index < -0.39 is 0 Å². The summed E-state index contributed by atoms with van der Waals surface area (Å²) in [4.78, 5) is 21.8. The normalized spacial score (nSPS) is 19.1. The van der Waals surface area contributed by atoms with E-state index in [1.807, 2.05) is 10.6 Å². The highest BCUT2D eigenvalue weighted by molar-refractivity contribution is 5.77. The van der Waals surface area contributed by atoms with Crippen molar-refractivity contribution in [1.82, 2.24) is 19.4 Å². The van der Waals surface area contributed by atoms with Gasteiger partial charge in [-0.3, -0.25) is 14.5 Å². The second-order valence-electron chi connectivity index (χ2n) is 5.75. The van der Waals surface area contributed by atoms with E-state index in [0.717, 1.165) is 29.8 Å². The van der Waals surface area contributed by atoms with Crippen LogP contribution in [0.3, 0.4) is 0 Å². The van der Waals surface area contributed by atoms with Crippen molar-refractivity contribution in [2.24, 2.45) is 0 Å². The minimum absolute atomic E-state index is 0.0369. The summed E-state index contributed by atoms with van der Waals surface area (Å²) in [6.07, 6.45) is 3.99. The quantitative estimate of drug-likeness (QED) is 0.849. The average molecular weight is 272 g/mol. The van der Waals surface area contributed by atoms with E-state index in [4.69, 9.17) is 0 Å². The summed E-state index contributed by atoms with van der Waals surface area (Å²) in [5.41, 5.74) is 4.10. The summed E-state index contributed by atoms with van der Waals surface area (Å²) in [6.45, 7) is 8.75. The molecule has 0 saturated carbocycles. The summed E-state index contributed by atoms with van der Waals surface area (Å²) in [5.74, 6) is 0. The van der Waals surface area contributed by atoms with Gasteiger partial charge in [-0.15, -0.1) is 0 Å². The monoisotopic (exact) mass is 272 g/mol. The van der Waals surface area contributed by atoms with Crippen LogP contribution < -0.4 is 5.69 Å². The van der Waals surface area contributed by atoms with Gasteiger partial charge in [-0.05, 0) is 26.8 Å². The zero-order valence-electron chi connectivity index (χ0n) is 12.2. The Kier molecular flexibility index (Phi) is 3.22. The Morgan fingerprint density at radius 1 is 1.55 bits per heavy atom. The van der Waals surface area contributed by atoms with Gasteiger partial charge in [0.1, 0.15) is 0 Å². The molecule has 5 heteroatoms. The Bertz CT molecular complexity index is 721. The molecule has 2 aromatic heterocycles. The van der Waals surface area contributed by atoms with Gasteiger partial charge in [0, 0.05) is 31.9 Å². The molecule has 0 radical (unpaired) electrons. The van der Waals surface area contributed by atoms with E-state index in [1.165, 1.54) is 5.57 Å². The largest absolute Gasteiger partial charge is 0.326 e. The number of rotatable bonds is 2. The van der Waals surface area contributed by atoms with Crippen molar-refractivity contribution in [1.29, 1.82) is 0 Å². The molecule has 1 atom stereocenters. The number of hydrogen-bond donors (Lipinski definition) is 1. The highest BCUT2D eigenvalue weighted by Crippen LogP contribution is 2.21. The molecule has 106 valence electrons. The topological polar surface area (TPSA) is 53.9 Å². The van der Waals surface area contributed by atoms with Gasteiger partial charge in [0.15, 0.2) is 0 Å². The van der Waals surface area contributed by atoms with Crippen molar-refractivity contribution in [2.45, 2.75) is 39.9 Å². The van der Waals surface area contributed by atoms with Crippen LogP contribution in [0.1, 0.15) is 26.5 Å². The third kappa shape index (κ3) is 2.18. The van der Waals surface area contributed by atoms with Crippen molar-refractivity contribution < 1.29 is 0 Å². The van der Waals surface area contributed by atoms with Gasteiger partial charge >= 0.3 is 5.69 Å². The maximum Gasteiger partial charge on any atom is 0.326 e. The summed E-state index contributed by atoms with van der Waals surface area (Å²) in [7, 11) is 0. The van der Waals surface area contributed by atoms with Crippen LogP contribution in [0.15, 0.2) is 28.7 Å². The Morgan fingerprint density at radius 2 is 2.35 bits per heavy atom. The van der Waals surface area contributed by atoms with Gasteiger partial charge in [-0.25, -0.2) is 4.79 Å². The number of allylic oxidation sites excluding steroid dienone is 1. The molecule has 0 amide bonds. The van der Waals surface area contributed by atoms with E-state index in [1.54, 1.807) is 6.20 Å². The highest BCUT2D eigenvalue weighted by Gasteiger charge is 2.23. The summed E-state index contributed by atoms with van der Waals surface area (Å²) in [6, 6.07) is 2.17. The number of hydrogen-bond acceptors (Lipinski definition) is 3. The summed E-state index contributed by atoms with van der Waals surface area (Å²) >= 11 is 0. The Labute approximate surface area is 117 Å². The van der Waals surface area contributed by atoms with Crippen LogP contribution in [0.4, 0.5) is 0 Å². The fourth-order valence-corrected chi connectivity index (χ4v) is 2.75. The third-order valence-electron chi connectivity index (χ3n) is 3.91. The predicted octanol–water partition coefficient (Wildman–Crippen LogP) is 1.89. The van der Waals surface area contributed by atoms with Crippen LogP contribution >= 0.6 is 0 Å². The van der Waals surface area contributed by atoms with E-state index in [9.17, 15) is 4.79 Å². The molecule has 0 bridgehead atoms. The first-order valence-electron chi connectivity index (χ1n) is 7.00. The van der Waals surface area contributed by atoms with Gasteiger partial charge in [0.25, 0.3) is 0 Å². The van der Waals surface area contributed by atoms with Gasteiger partial charge in [-0.1, -0.05) is 11.6 Å². The van der Waals surface area contributed by atoms with Crippen LogP contribution in [-0.4, -0.2) is 32.0 Å². The number of nitrogens with one attached hydrogen (secondary N) is 1. The van der Waals surface area contributed by atoms with Gasteiger partial charge in [0.05, 0.1) is 16.7 Å². The Morgan fingerprint density at radius 3 is 3.10 bits per heavy atom. The fraction of sp³-hybridized carbons (Fsp3) is 0.467. The molecule has 0 aliphatic carbocycles. The second kappa shape index (κ2) is 4.90. The lowest BCUT2D eigenvalue weighted by Crippen LogP contribution is -2.36.